The molecule has 0 unspecified atom stereocenters. The Morgan fingerprint density at radius 2 is 2.19 bits per heavy atom. The van der Waals surface area contributed by atoms with E-state index < -0.39 is 0 Å². The Balaban J connectivity index is 2.54. The second-order valence-electron chi connectivity index (χ2n) is 3.93. The SMILES string of the molecule is Cc1ccc(-n2cncc2[C@H](C)N)c(Cl)c1. The molecule has 2 aromatic rings. The highest BCUT2D eigenvalue weighted by molar-refractivity contribution is 6.32. The van der Waals surface area contributed by atoms with Crippen molar-refractivity contribution >= 4 is 11.6 Å². The molecule has 1 aromatic heterocycles. The van der Waals surface area contributed by atoms with Crippen LogP contribution in [0.3, 0.4) is 0 Å². The summed E-state index contributed by atoms with van der Waals surface area (Å²) in [4.78, 5) is 4.11. The lowest BCUT2D eigenvalue weighted by atomic mass is 10.2. The van der Waals surface area contributed by atoms with Crippen LogP contribution in [0, 0.1) is 6.92 Å². The van der Waals surface area contributed by atoms with Crippen LogP contribution < -0.4 is 5.73 Å². The first kappa shape index (κ1) is 11.2. The van der Waals surface area contributed by atoms with Crippen molar-refractivity contribution in [2.24, 2.45) is 5.73 Å². The number of hydrogen-bond donors (Lipinski definition) is 1. The molecule has 0 aliphatic heterocycles. The topological polar surface area (TPSA) is 43.8 Å². The standard InChI is InChI=1S/C12H14ClN3/c1-8-3-4-11(10(13)5-8)16-7-15-6-12(16)9(2)14/h3-7,9H,14H2,1-2H3/t9-/m0/s1. The van der Waals surface area contributed by atoms with E-state index in [4.69, 9.17) is 17.3 Å². The minimum absolute atomic E-state index is 0.0696. The predicted octanol–water partition coefficient (Wildman–Crippen LogP) is 2.85. The molecule has 0 saturated heterocycles. The van der Waals surface area contributed by atoms with Crippen LogP contribution in [0.4, 0.5) is 0 Å². The maximum Gasteiger partial charge on any atom is 0.0995 e. The number of aromatic nitrogens is 2. The average molecular weight is 236 g/mol. The highest BCUT2D eigenvalue weighted by Crippen LogP contribution is 2.24. The van der Waals surface area contributed by atoms with Crippen molar-refractivity contribution in [2.75, 3.05) is 0 Å². The van der Waals surface area contributed by atoms with Crippen LogP contribution in [-0.2, 0) is 0 Å². The maximum atomic E-state index is 6.21. The molecule has 0 bridgehead atoms. The third-order valence-corrected chi connectivity index (χ3v) is 2.80. The van der Waals surface area contributed by atoms with Gasteiger partial charge in [-0.2, -0.15) is 0 Å². The highest BCUT2D eigenvalue weighted by Gasteiger charge is 2.10. The van der Waals surface area contributed by atoms with E-state index in [-0.39, 0.29) is 6.04 Å². The Kier molecular flexibility index (Phi) is 2.99. The number of nitrogens with two attached hydrogens (primary N) is 1. The number of imidazole rings is 1. The predicted molar refractivity (Wildman–Crippen MR) is 65.9 cm³/mol. The Labute approximate surface area is 99.9 Å². The maximum absolute atomic E-state index is 6.21. The van der Waals surface area contributed by atoms with Crippen LogP contribution >= 0.6 is 11.6 Å². The van der Waals surface area contributed by atoms with E-state index in [1.165, 1.54) is 0 Å². The summed E-state index contributed by atoms with van der Waals surface area (Å²) < 4.78 is 1.92. The monoisotopic (exact) mass is 235 g/mol. The van der Waals surface area contributed by atoms with Gasteiger partial charge >= 0.3 is 0 Å². The van der Waals surface area contributed by atoms with Crippen LogP contribution in [-0.4, -0.2) is 9.55 Å². The van der Waals surface area contributed by atoms with E-state index >= 15 is 0 Å². The molecule has 2 rings (SSSR count). The van der Waals surface area contributed by atoms with Gasteiger partial charge in [0.1, 0.15) is 0 Å². The molecule has 1 heterocycles. The zero-order valence-corrected chi connectivity index (χ0v) is 10.1. The molecule has 0 amide bonds. The molecule has 0 fully saturated rings. The third kappa shape index (κ3) is 1.96. The fraction of sp³-hybridized carbons (Fsp3) is 0.250. The number of hydrogen-bond acceptors (Lipinski definition) is 2. The molecule has 16 heavy (non-hydrogen) atoms. The number of benzene rings is 1. The van der Waals surface area contributed by atoms with Crippen molar-refractivity contribution in [3.8, 4) is 5.69 Å². The Morgan fingerprint density at radius 1 is 1.44 bits per heavy atom. The van der Waals surface area contributed by atoms with Gasteiger partial charge in [0.2, 0.25) is 0 Å². The summed E-state index contributed by atoms with van der Waals surface area (Å²) in [7, 11) is 0. The van der Waals surface area contributed by atoms with E-state index in [9.17, 15) is 0 Å². The van der Waals surface area contributed by atoms with Gasteiger partial charge in [-0.15, -0.1) is 0 Å². The summed E-state index contributed by atoms with van der Waals surface area (Å²) in [6.45, 7) is 3.94. The molecule has 0 spiro atoms. The molecular weight excluding hydrogens is 222 g/mol. The molecule has 1 aromatic carbocycles. The van der Waals surface area contributed by atoms with Gasteiger partial charge in [0.05, 0.1) is 28.9 Å². The lowest BCUT2D eigenvalue weighted by Crippen LogP contribution is -2.10. The van der Waals surface area contributed by atoms with Gasteiger partial charge < -0.3 is 10.3 Å². The normalized spacial score (nSPS) is 12.8. The Morgan fingerprint density at radius 3 is 2.81 bits per heavy atom. The fourth-order valence-electron chi connectivity index (χ4n) is 1.65. The summed E-state index contributed by atoms with van der Waals surface area (Å²) in [6, 6.07) is 5.86. The molecule has 2 N–H and O–H groups in total. The number of halogens is 1. The fourth-order valence-corrected chi connectivity index (χ4v) is 1.98. The van der Waals surface area contributed by atoms with E-state index in [2.05, 4.69) is 4.98 Å². The zero-order valence-electron chi connectivity index (χ0n) is 9.31. The smallest absolute Gasteiger partial charge is 0.0995 e. The Hall–Kier alpha value is -1.32. The van der Waals surface area contributed by atoms with E-state index in [1.807, 2.05) is 36.6 Å². The summed E-state index contributed by atoms with van der Waals surface area (Å²) in [5.41, 5.74) is 8.87. The summed E-state index contributed by atoms with van der Waals surface area (Å²) in [5, 5.41) is 0.708. The molecule has 0 radical (unpaired) electrons. The lowest BCUT2D eigenvalue weighted by Gasteiger charge is -2.12. The second kappa shape index (κ2) is 4.28. The third-order valence-electron chi connectivity index (χ3n) is 2.50. The zero-order chi connectivity index (χ0) is 11.7. The quantitative estimate of drug-likeness (QED) is 0.870. The molecule has 3 nitrogen and oxygen atoms in total. The van der Waals surface area contributed by atoms with Crippen molar-refractivity contribution in [1.82, 2.24) is 9.55 Å². The van der Waals surface area contributed by atoms with Gasteiger partial charge in [0, 0.05) is 6.04 Å². The van der Waals surface area contributed by atoms with Crippen LogP contribution in [0.2, 0.25) is 5.02 Å². The van der Waals surface area contributed by atoms with Crippen molar-refractivity contribution < 1.29 is 0 Å². The molecule has 0 aliphatic carbocycles. The van der Waals surface area contributed by atoms with Crippen LogP contribution in [0.5, 0.6) is 0 Å². The average Bonchev–Trinajstić information content (AvgIpc) is 2.66. The van der Waals surface area contributed by atoms with Gasteiger partial charge in [-0.05, 0) is 31.5 Å². The van der Waals surface area contributed by atoms with Gasteiger partial charge in [-0.1, -0.05) is 17.7 Å². The van der Waals surface area contributed by atoms with E-state index in [0.29, 0.717) is 5.02 Å². The van der Waals surface area contributed by atoms with Crippen LogP contribution in [0.1, 0.15) is 24.2 Å². The number of nitrogens with zero attached hydrogens (tertiary/aromatic N) is 2. The van der Waals surface area contributed by atoms with E-state index in [1.54, 1.807) is 12.5 Å². The summed E-state index contributed by atoms with van der Waals surface area (Å²) >= 11 is 6.21. The van der Waals surface area contributed by atoms with Crippen molar-refractivity contribution in [3.63, 3.8) is 0 Å². The van der Waals surface area contributed by atoms with E-state index in [0.717, 1.165) is 16.9 Å². The minimum Gasteiger partial charge on any atom is -0.323 e. The molecule has 1 atom stereocenters. The molecule has 0 saturated carbocycles. The minimum atomic E-state index is -0.0696. The second-order valence-corrected chi connectivity index (χ2v) is 4.34. The summed E-state index contributed by atoms with van der Waals surface area (Å²) in [6.07, 6.45) is 3.50. The first-order chi connectivity index (χ1) is 7.59. The highest BCUT2D eigenvalue weighted by atomic mass is 35.5. The van der Waals surface area contributed by atoms with Gasteiger partial charge in [0.25, 0.3) is 0 Å². The first-order valence-electron chi connectivity index (χ1n) is 5.14. The largest absolute Gasteiger partial charge is 0.323 e. The molecule has 0 aliphatic rings. The molecular formula is C12H14ClN3. The first-order valence-corrected chi connectivity index (χ1v) is 5.51. The lowest BCUT2D eigenvalue weighted by molar-refractivity contribution is 0.752. The number of aryl methyl sites for hydroxylation is 1. The van der Waals surface area contributed by atoms with Gasteiger partial charge in [0.15, 0.2) is 0 Å². The molecule has 84 valence electrons. The van der Waals surface area contributed by atoms with Crippen molar-refractivity contribution in [3.05, 3.63) is 47.0 Å². The number of rotatable bonds is 2. The van der Waals surface area contributed by atoms with Gasteiger partial charge in [-0.25, -0.2) is 4.98 Å². The van der Waals surface area contributed by atoms with Crippen LogP contribution in [0.15, 0.2) is 30.7 Å². The summed E-state index contributed by atoms with van der Waals surface area (Å²) in [5.74, 6) is 0. The van der Waals surface area contributed by atoms with Crippen molar-refractivity contribution in [2.45, 2.75) is 19.9 Å². The van der Waals surface area contributed by atoms with Crippen molar-refractivity contribution in [1.29, 1.82) is 0 Å². The molecule has 4 heteroatoms. The van der Waals surface area contributed by atoms with Gasteiger partial charge in [-0.3, -0.25) is 0 Å². The van der Waals surface area contributed by atoms with Crippen LogP contribution in [0.25, 0.3) is 5.69 Å². The Bertz CT molecular complexity index is 503.